The van der Waals surface area contributed by atoms with Gasteiger partial charge >= 0.3 is 0 Å². The average molecular weight is 395 g/mol. The number of nitrogens with zero attached hydrogens (tertiary/aromatic N) is 1. The number of hydrogen-bond donors (Lipinski definition) is 2. The van der Waals surface area contributed by atoms with Crippen molar-refractivity contribution in [2.45, 2.75) is 12.8 Å². The maximum absolute atomic E-state index is 9.86. The van der Waals surface area contributed by atoms with E-state index in [0.29, 0.717) is 6.61 Å². The van der Waals surface area contributed by atoms with Crippen molar-refractivity contribution >= 4 is 37.7 Å². The molecular weight excluding hydrogens is 380 g/mol. The molecule has 1 aliphatic heterocycles. The van der Waals surface area contributed by atoms with Gasteiger partial charge in [0.1, 0.15) is 11.5 Å². The van der Waals surface area contributed by atoms with Crippen LogP contribution in [0.2, 0.25) is 0 Å². The lowest BCUT2D eigenvalue weighted by Gasteiger charge is -2.21. The summed E-state index contributed by atoms with van der Waals surface area (Å²) in [7, 11) is 0. The smallest absolute Gasteiger partial charge is 0.134 e. The van der Waals surface area contributed by atoms with Gasteiger partial charge in [0, 0.05) is 38.1 Å². The summed E-state index contributed by atoms with van der Waals surface area (Å²) in [6, 6.07) is 11.4. The maximum Gasteiger partial charge on any atom is 0.134 e. The minimum Gasteiger partial charge on any atom is -0.508 e. The van der Waals surface area contributed by atoms with Crippen LogP contribution in [0.1, 0.15) is 12.0 Å². The number of fused-ring (bicyclic) bond motifs is 4. The molecule has 124 valence electrons. The Balaban J connectivity index is 1.86. The summed E-state index contributed by atoms with van der Waals surface area (Å²) in [4.78, 5) is 8.26. The van der Waals surface area contributed by atoms with Gasteiger partial charge in [-0.05, 0) is 49.2 Å². The Morgan fingerprint density at radius 1 is 1.12 bits per heavy atom. The van der Waals surface area contributed by atoms with Crippen molar-refractivity contribution in [2.75, 3.05) is 6.61 Å². The standard InChI is InChI=1S/C20H15BrN2O2/c21-11-3-5-17-14(8-11)16(10-22-17)19-13-2-1-7-25-20(13)15-9-12(24)4-6-18(15)23-19/h3-6,8-10,22,24H,1-2,7H2. The normalized spacial score (nSPS) is 13.8. The zero-order valence-electron chi connectivity index (χ0n) is 13.3. The summed E-state index contributed by atoms with van der Waals surface area (Å²) >= 11 is 3.56. The fraction of sp³-hybridized carbons (Fsp3) is 0.150. The first-order chi connectivity index (χ1) is 12.2. The Hall–Kier alpha value is -2.53. The Morgan fingerprint density at radius 3 is 2.96 bits per heavy atom. The molecule has 2 aromatic carbocycles. The van der Waals surface area contributed by atoms with E-state index in [1.165, 1.54) is 0 Å². The molecule has 5 heteroatoms. The van der Waals surface area contributed by atoms with E-state index >= 15 is 0 Å². The molecule has 0 bridgehead atoms. The summed E-state index contributed by atoms with van der Waals surface area (Å²) in [5.74, 6) is 1.08. The van der Waals surface area contributed by atoms with E-state index < -0.39 is 0 Å². The predicted octanol–water partition coefficient (Wildman–Crippen LogP) is 5.18. The maximum atomic E-state index is 9.86. The highest BCUT2D eigenvalue weighted by Gasteiger charge is 2.22. The second-order valence-corrected chi connectivity index (χ2v) is 7.23. The zero-order chi connectivity index (χ0) is 17.0. The van der Waals surface area contributed by atoms with Crippen molar-refractivity contribution in [1.29, 1.82) is 0 Å². The van der Waals surface area contributed by atoms with E-state index in [1.807, 2.05) is 18.3 Å². The molecule has 25 heavy (non-hydrogen) atoms. The fourth-order valence-corrected chi connectivity index (χ4v) is 3.95. The zero-order valence-corrected chi connectivity index (χ0v) is 14.9. The monoisotopic (exact) mass is 394 g/mol. The highest BCUT2D eigenvalue weighted by atomic mass is 79.9. The number of H-pyrrole nitrogens is 1. The van der Waals surface area contributed by atoms with Crippen LogP contribution in [-0.2, 0) is 6.42 Å². The molecular formula is C20H15BrN2O2. The van der Waals surface area contributed by atoms with Crippen molar-refractivity contribution < 1.29 is 9.84 Å². The quantitative estimate of drug-likeness (QED) is 0.467. The van der Waals surface area contributed by atoms with Gasteiger partial charge in [0.15, 0.2) is 0 Å². The van der Waals surface area contributed by atoms with Gasteiger partial charge in [0.2, 0.25) is 0 Å². The number of nitrogens with one attached hydrogen (secondary N) is 1. The third-order valence-electron chi connectivity index (χ3n) is 4.73. The van der Waals surface area contributed by atoms with E-state index in [0.717, 1.165) is 61.7 Å². The number of phenols is 1. The lowest BCUT2D eigenvalue weighted by molar-refractivity contribution is 0.292. The molecule has 0 atom stereocenters. The van der Waals surface area contributed by atoms with E-state index in [2.05, 4.69) is 33.0 Å². The molecule has 2 N–H and O–H groups in total. The SMILES string of the molecule is Oc1ccc2nc(-c3c[nH]c4ccc(Br)cc34)c3c(c2c1)OCCC3. The summed E-state index contributed by atoms with van der Waals surface area (Å²) in [5, 5.41) is 11.9. The third-order valence-corrected chi connectivity index (χ3v) is 5.23. The van der Waals surface area contributed by atoms with E-state index in [-0.39, 0.29) is 5.75 Å². The number of phenolic OH excluding ortho intramolecular Hbond substituents is 1. The van der Waals surface area contributed by atoms with Crippen molar-refractivity contribution in [3.63, 3.8) is 0 Å². The van der Waals surface area contributed by atoms with Crippen LogP contribution >= 0.6 is 15.9 Å². The van der Waals surface area contributed by atoms with Crippen LogP contribution in [0.25, 0.3) is 33.1 Å². The molecule has 2 aromatic heterocycles. The van der Waals surface area contributed by atoms with Gasteiger partial charge in [0.25, 0.3) is 0 Å². The van der Waals surface area contributed by atoms with E-state index in [9.17, 15) is 5.11 Å². The van der Waals surface area contributed by atoms with Crippen LogP contribution in [-0.4, -0.2) is 21.7 Å². The largest absolute Gasteiger partial charge is 0.508 e. The van der Waals surface area contributed by atoms with Gasteiger partial charge in [-0.15, -0.1) is 0 Å². The molecule has 4 aromatic rings. The Bertz CT molecular complexity index is 1130. The van der Waals surface area contributed by atoms with Crippen LogP contribution in [0.15, 0.2) is 47.1 Å². The highest BCUT2D eigenvalue weighted by molar-refractivity contribution is 9.10. The lowest BCUT2D eigenvalue weighted by Crippen LogP contribution is -2.11. The molecule has 0 saturated carbocycles. The van der Waals surface area contributed by atoms with Gasteiger partial charge in [-0.3, -0.25) is 0 Å². The molecule has 5 rings (SSSR count). The van der Waals surface area contributed by atoms with Gasteiger partial charge in [-0.2, -0.15) is 0 Å². The molecule has 0 spiro atoms. The van der Waals surface area contributed by atoms with Crippen molar-refractivity contribution in [1.82, 2.24) is 9.97 Å². The minimum absolute atomic E-state index is 0.231. The number of aromatic nitrogens is 2. The van der Waals surface area contributed by atoms with Crippen molar-refractivity contribution in [3.8, 4) is 22.8 Å². The molecule has 0 amide bonds. The number of benzene rings is 2. The van der Waals surface area contributed by atoms with Crippen molar-refractivity contribution in [2.24, 2.45) is 0 Å². The van der Waals surface area contributed by atoms with Crippen LogP contribution in [0.4, 0.5) is 0 Å². The molecule has 3 heterocycles. The molecule has 4 nitrogen and oxygen atoms in total. The number of halogens is 1. The van der Waals surface area contributed by atoms with E-state index in [4.69, 9.17) is 9.72 Å². The molecule has 0 unspecified atom stereocenters. The predicted molar refractivity (Wildman–Crippen MR) is 102 cm³/mol. The number of aromatic amines is 1. The summed E-state index contributed by atoms with van der Waals surface area (Å²) in [6.07, 6.45) is 3.91. The molecule has 0 aliphatic carbocycles. The first-order valence-electron chi connectivity index (χ1n) is 8.26. The van der Waals surface area contributed by atoms with Crippen molar-refractivity contribution in [3.05, 3.63) is 52.6 Å². The second-order valence-electron chi connectivity index (χ2n) is 6.31. The van der Waals surface area contributed by atoms with Crippen LogP contribution in [0, 0.1) is 0 Å². The Morgan fingerprint density at radius 2 is 2.04 bits per heavy atom. The number of aromatic hydroxyl groups is 1. The highest BCUT2D eigenvalue weighted by Crippen LogP contribution is 2.41. The van der Waals surface area contributed by atoms with E-state index in [1.54, 1.807) is 12.1 Å². The first kappa shape index (κ1) is 14.8. The van der Waals surface area contributed by atoms with Crippen LogP contribution < -0.4 is 4.74 Å². The number of pyridine rings is 1. The fourth-order valence-electron chi connectivity index (χ4n) is 3.59. The number of ether oxygens (including phenoxy) is 1. The number of hydrogen-bond acceptors (Lipinski definition) is 3. The van der Waals surface area contributed by atoms with Gasteiger partial charge < -0.3 is 14.8 Å². The molecule has 1 aliphatic rings. The first-order valence-corrected chi connectivity index (χ1v) is 9.05. The van der Waals surface area contributed by atoms with Gasteiger partial charge in [0.05, 0.1) is 17.8 Å². The summed E-state index contributed by atoms with van der Waals surface area (Å²) < 4.78 is 7.03. The summed E-state index contributed by atoms with van der Waals surface area (Å²) in [6.45, 7) is 0.695. The topological polar surface area (TPSA) is 58.1 Å². The van der Waals surface area contributed by atoms with Crippen LogP contribution in [0.5, 0.6) is 11.5 Å². The minimum atomic E-state index is 0.231. The third kappa shape index (κ3) is 2.30. The summed E-state index contributed by atoms with van der Waals surface area (Å²) in [5.41, 5.74) is 5.06. The molecule has 0 radical (unpaired) electrons. The average Bonchev–Trinajstić information content (AvgIpc) is 3.04. The van der Waals surface area contributed by atoms with Gasteiger partial charge in [-0.1, -0.05) is 15.9 Å². The molecule has 0 saturated heterocycles. The number of rotatable bonds is 1. The lowest BCUT2D eigenvalue weighted by atomic mass is 9.96. The second kappa shape index (κ2) is 5.49. The van der Waals surface area contributed by atoms with Crippen LogP contribution in [0.3, 0.4) is 0 Å². The Labute approximate surface area is 152 Å². The molecule has 0 fully saturated rings. The van der Waals surface area contributed by atoms with Gasteiger partial charge in [-0.25, -0.2) is 4.98 Å². The Kier molecular flexibility index (Phi) is 3.25.